The van der Waals surface area contributed by atoms with Gasteiger partial charge in [-0.3, -0.25) is 4.79 Å². The summed E-state index contributed by atoms with van der Waals surface area (Å²) in [5, 5.41) is 10.2. The van der Waals surface area contributed by atoms with Gasteiger partial charge in [0.1, 0.15) is 0 Å². The van der Waals surface area contributed by atoms with Crippen LogP contribution in [0, 0.1) is 5.41 Å². The molecular weight excluding hydrogens is 386 g/mol. The SMILES string of the molecule is CN(CCCNS(=O)(=O)c1nnc(NC(=O)C(C)(C)C)s1)c1ccccc1. The topological polar surface area (TPSA) is 104 Å². The molecule has 2 rings (SSSR count). The van der Waals surface area contributed by atoms with Crippen LogP contribution in [0.5, 0.6) is 0 Å². The molecule has 0 saturated carbocycles. The molecule has 2 aromatic rings. The van der Waals surface area contributed by atoms with E-state index in [4.69, 9.17) is 0 Å². The Morgan fingerprint density at radius 1 is 1.19 bits per heavy atom. The van der Waals surface area contributed by atoms with Crippen LogP contribution in [0.1, 0.15) is 27.2 Å². The predicted octanol–water partition coefficient (Wildman–Crippen LogP) is 2.33. The van der Waals surface area contributed by atoms with E-state index in [-0.39, 0.29) is 21.9 Å². The van der Waals surface area contributed by atoms with Crippen LogP contribution in [0.3, 0.4) is 0 Å². The minimum absolute atomic E-state index is 0.164. The molecule has 10 heteroatoms. The van der Waals surface area contributed by atoms with Crippen molar-refractivity contribution in [2.24, 2.45) is 5.41 Å². The van der Waals surface area contributed by atoms with Crippen molar-refractivity contribution in [3.63, 3.8) is 0 Å². The van der Waals surface area contributed by atoms with Crippen LogP contribution in [0.4, 0.5) is 10.8 Å². The van der Waals surface area contributed by atoms with Crippen molar-refractivity contribution in [1.82, 2.24) is 14.9 Å². The lowest BCUT2D eigenvalue weighted by molar-refractivity contribution is -0.123. The van der Waals surface area contributed by atoms with Crippen molar-refractivity contribution in [3.05, 3.63) is 30.3 Å². The maximum absolute atomic E-state index is 12.3. The van der Waals surface area contributed by atoms with Gasteiger partial charge in [0.05, 0.1) is 0 Å². The van der Waals surface area contributed by atoms with Crippen molar-refractivity contribution in [1.29, 1.82) is 0 Å². The molecule has 0 aliphatic rings. The Kier molecular flexibility index (Phi) is 6.90. The first-order chi connectivity index (χ1) is 12.6. The summed E-state index contributed by atoms with van der Waals surface area (Å²) in [6.07, 6.45) is 0.636. The number of carbonyl (C=O) groups excluding carboxylic acids is 1. The van der Waals surface area contributed by atoms with Gasteiger partial charge in [-0.1, -0.05) is 50.3 Å². The highest BCUT2D eigenvalue weighted by atomic mass is 32.2. The van der Waals surface area contributed by atoms with Crippen molar-refractivity contribution in [3.8, 4) is 0 Å². The number of rotatable bonds is 8. The number of nitrogens with zero attached hydrogens (tertiary/aromatic N) is 3. The minimum Gasteiger partial charge on any atom is -0.375 e. The van der Waals surface area contributed by atoms with E-state index in [1.807, 2.05) is 37.4 Å². The van der Waals surface area contributed by atoms with Gasteiger partial charge in [0.25, 0.3) is 10.0 Å². The van der Waals surface area contributed by atoms with E-state index in [1.165, 1.54) is 0 Å². The summed E-state index contributed by atoms with van der Waals surface area (Å²) in [6.45, 7) is 6.26. The Morgan fingerprint density at radius 2 is 1.85 bits per heavy atom. The van der Waals surface area contributed by atoms with Crippen LogP contribution in [0.15, 0.2) is 34.7 Å². The molecule has 1 amide bonds. The zero-order chi connectivity index (χ0) is 20.1. The number of aromatic nitrogens is 2. The minimum atomic E-state index is -3.75. The second-order valence-electron chi connectivity index (χ2n) is 7.09. The fourth-order valence-electron chi connectivity index (χ4n) is 2.05. The number of sulfonamides is 1. The van der Waals surface area contributed by atoms with Gasteiger partial charge in [0.15, 0.2) is 0 Å². The number of amides is 1. The highest BCUT2D eigenvalue weighted by Gasteiger charge is 2.25. The van der Waals surface area contributed by atoms with Crippen molar-refractivity contribution >= 4 is 38.1 Å². The Labute approximate surface area is 164 Å². The van der Waals surface area contributed by atoms with E-state index in [1.54, 1.807) is 20.8 Å². The molecule has 0 aliphatic carbocycles. The molecule has 2 N–H and O–H groups in total. The third kappa shape index (κ3) is 6.26. The molecule has 0 atom stereocenters. The Balaban J connectivity index is 1.85. The van der Waals surface area contributed by atoms with Gasteiger partial charge in [0, 0.05) is 31.2 Å². The third-order valence-electron chi connectivity index (χ3n) is 3.70. The summed E-state index contributed by atoms with van der Waals surface area (Å²) >= 11 is 0.830. The van der Waals surface area contributed by atoms with E-state index >= 15 is 0 Å². The Bertz CT molecular complexity index is 860. The van der Waals surface area contributed by atoms with Crippen molar-refractivity contribution < 1.29 is 13.2 Å². The highest BCUT2D eigenvalue weighted by molar-refractivity contribution is 7.91. The van der Waals surface area contributed by atoms with Gasteiger partial charge in [-0.25, -0.2) is 13.1 Å². The summed E-state index contributed by atoms with van der Waals surface area (Å²) in [4.78, 5) is 14.0. The normalized spacial score (nSPS) is 12.0. The van der Waals surface area contributed by atoms with Gasteiger partial charge in [-0.2, -0.15) is 0 Å². The maximum Gasteiger partial charge on any atom is 0.269 e. The fourth-order valence-corrected chi connectivity index (χ4v) is 4.06. The zero-order valence-electron chi connectivity index (χ0n) is 15.9. The number of anilines is 2. The fraction of sp³-hybridized carbons (Fsp3) is 0.471. The lowest BCUT2D eigenvalue weighted by Gasteiger charge is -2.19. The van der Waals surface area contributed by atoms with Gasteiger partial charge in [-0.15, -0.1) is 10.2 Å². The summed E-state index contributed by atoms with van der Waals surface area (Å²) in [7, 11) is -1.79. The first-order valence-corrected chi connectivity index (χ1v) is 10.8. The lowest BCUT2D eigenvalue weighted by atomic mass is 9.96. The van der Waals surface area contributed by atoms with E-state index in [0.717, 1.165) is 17.0 Å². The Morgan fingerprint density at radius 3 is 2.48 bits per heavy atom. The molecule has 0 fully saturated rings. The number of hydrogen-bond donors (Lipinski definition) is 2. The molecule has 1 heterocycles. The lowest BCUT2D eigenvalue weighted by Crippen LogP contribution is -2.28. The smallest absolute Gasteiger partial charge is 0.269 e. The number of hydrogen-bond acceptors (Lipinski definition) is 7. The number of benzene rings is 1. The second-order valence-corrected chi connectivity index (χ2v) is 10.0. The van der Waals surface area contributed by atoms with Crippen LogP contribution in [-0.4, -0.2) is 44.7 Å². The number of para-hydroxylation sites is 1. The van der Waals surface area contributed by atoms with Gasteiger partial charge in [-0.05, 0) is 18.6 Å². The molecule has 0 unspecified atom stereocenters. The maximum atomic E-state index is 12.3. The van der Waals surface area contributed by atoms with Crippen LogP contribution in [0.2, 0.25) is 0 Å². The largest absolute Gasteiger partial charge is 0.375 e. The second kappa shape index (κ2) is 8.77. The predicted molar refractivity (Wildman–Crippen MR) is 108 cm³/mol. The quantitative estimate of drug-likeness (QED) is 0.510. The van der Waals surface area contributed by atoms with E-state index in [0.29, 0.717) is 13.0 Å². The van der Waals surface area contributed by atoms with Crippen LogP contribution in [0.25, 0.3) is 0 Å². The molecule has 1 aromatic carbocycles. The zero-order valence-corrected chi connectivity index (χ0v) is 17.5. The first-order valence-electron chi connectivity index (χ1n) is 8.50. The summed E-state index contributed by atoms with van der Waals surface area (Å²) in [6, 6.07) is 9.86. The molecule has 0 bridgehead atoms. The van der Waals surface area contributed by atoms with E-state index < -0.39 is 15.4 Å². The average Bonchev–Trinajstić information content (AvgIpc) is 3.08. The number of carbonyl (C=O) groups is 1. The molecule has 0 radical (unpaired) electrons. The molecule has 8 nitrogen and oxygen atoms in total. The van der Waals surface area contributed by atoms with E-state index in [2.05, 4.69) is 25.1 Å². The van der Waals surface area contributed by atoms with Gasteiger partial charge in [0.2, 0.25) is 15.4 Å². The summed E-state index contributed by atoms with van der Waals surface area (Å²) in [5.74, 6) is -0.250. The molecule has 27 heavy (non-hydrogen) atoms. The number of nitrogens with one attached hydrogen (secondary N) is 2. The van der Waals surface area contributed by atoms with E-state index in [9.17, 15) is 13.2 Å². The molecule has 1 aromatic heterocycles. The third-order valence-corrected chi connectivity index (χ3v) is 6.36. The van der Waals surface area contributed by atoms with Crippen molar-refractivity contribution in [2.45, 2.75) is 31.5 Å². The van der Waals surface area contributed by atoms with Crippen LogP contribution >= 0.6 is 11.3 Å². The van der Waals surface area contributed by atoms with Gasteiger partial charge >= 0.3 is 0 Å². The highest BCUT2D eigenvalue weighted by Crippen LogP contribution is 2.22. The van der Waals surface area contributed by atoms with Crippen molar-refractivity contribution in [2.75, 3.05) is 30.4 Å². The molecule has 0 spiro atoms. The Hall–Kier alpha value is -2.04. The molecule has 0 aliphatic heterocycles. The van der Waals surface area contributed by atoms with Crippen LogP contribution in [-0.2, 0) is 14.8 Å². The molecule has 0 saturated heterocycles. The van der Waals surface area contributed by atoms with Gasteiger partial charge < -0.3 is 10.2 Å². The summed E-state index contributed by atoms with van der Waals surface area (Å²) in [5.41, 5.74) is 0.469. The average molecular weight is 412 g/mol. The monoisotopic (exact) mass is 411 g/mol. The van der Waals surface area contributed by atoms with Crippen LogP contribution < -0.4 is 14.9 Å². The first kappa shape index (κ1) is 21.3. The molecular formula is C17H25N5O3S2. The standard InChI is InChI=1S/C17H25N5O3S2/c1-17(2,3)14(23)19-15-20-21-16(26-15)27(24,25)18-11-8-12-22(4)13-9-6-5-7-10-13/h5-7,9-10,18H,8,11-12H2,1-4H3,(H,19,20,23). The molecule has 148 valence electrons. The summed E-state index contributed by atoms with van der Waals surface area (Å²) < 4.78 is 27.0.